The molecule has 0 aliphatic carbocycles. The van der Waals surface area contributed by atoms with Gasteiger partial charge in [0.1, 0.15) is 9.88 Å². The van der Waals surface area contributed by atoms with E-state index in [4.69, 9.17) is 9.47 Å². The van der Waals surface area contributed by atoms with Crippen LogP contribution in [0.1, 0.15) is 20.9 Å². The van der Waals surface area contributed by atoms with Crippen LogP contribution in [0, 0.1) is 6.92 Å². The van der Waals surface area contributed by atoms with Crippen LogP contribution in [-0.2, 0) is 6.54 Å². The van der Waals surface area contributed by atoms with Crippen LogP contribution in [0.3, 0.4) is 0 Å². The van der Waals surface area contributed by atoms with E-state index in [1.807, 2.05) is 37.3 Å². The molecule has 0 saturated heterocycles. The molecule has 0 radical (unpaired) electrons. The van der Waals surface area contributed by atoms with Gasteiger partial charge in [0, 0.05) is 24.5 Å². The first kappa shape index (κ1) is 17.9. The van der Waals surface area contributed by atoms with E-state index in [0.717, 1.165) is 16.1 Å². The molecule has 1 N–H and O–H groups in total. The summed E-state index contributed by atoms with van der Waals surface area (Å²) in [5, 5.41) is 3.68. The van der Waals surface area contributed by atoms with E-state index in [-0.39, 0.29) is 5.91 Å². The molecule has 3 rings (SSSR count). The molecule has 0 unspecified atom stereocenters. The van der Waals surface area contributed by atoms with Crippen molar-refractivity contribution in [2.75, 3.05) is 14.2 Å². The Kier molecular flexibility index (Phi) is 5.48. The molecule has 0 aliphatic heterocycles. The molecule has 1 amide bonds. The normalized spacial score (nSPS) is 10.4. The number of carbonyl (C=O) groups is 1. The van der Waals surface area contributed by atoms with E-state index < -0.39 is 0 Å². The molecule has 26 heavy (non-hydrogen) atoms. The SMILES string of the molecule is COc1ccc(-c2nc(C)c(C(=O)NCc3ccncc3)s2)cc1OC. The number of aromatic nitrogens is 2. The third kappa shape index (κ3) is 3.83. The molecule has 1 aromatic carbocycles. The molecule has 0 spiro atoms. The van der Waals surface area contributed by atoms with Gasteiger partial charge in [0.2, 0.25) is 0 Å². The number of nitrogens with one attached hydrogen (secondary N) is 1. The van der Waals surface area contributed by atoms with Crippen molar-refractivity contribution >= 4 is 17.2 Å². The number of amides is 1. The molecule has 0 atom stereocenters. The van der Waals surface area contributed by atoms with Gasteiger partial charge in [-0.25, -0.2) is 4.98 Å². The van der Waals surface area contributed by atoms with Gasteiger partial charge >= 0.3 is 0 Å². The third-order valence-electron chi connectivity index (χ3n) is 3.84. The molecule has 134 valence electrons. The van der Waals surface area contributed by atoms with Crippen LogP contribution < -0.4 is 14.8 Å². The number of methoxy groups -OCH3 is 2. The lowest BCUT2D eigenvalue weighted by Gasteiger charge is -2.08. The van der Waals surface area contributed by atoms with Gasteiger partial charge in [-0.15, -0.1) is 11.3 Å². The topological polar surface area (TPSA) is 73.3 Å². The second kappa shape index (κ2) is 7.97. The second-order valence-electron chi connectivity index (χ2n) is 5.54. The highest BCUT2D eigenvalue weighted by molar-refractivity contribution is 7.17. The van der Waals surface area contributed by atoms with Crippen LogP contribution in [0.15, 0.2) is 42.7 Å². The number of ether oxygens (including phenoxy) is 2. The van der Waals surface area contributed by atoms with Crippen LogP contribution in [0.25, 0.3) is 10.6 Å². The molecule has 7 heteroatoms. The summed E-state index contributed by atoms with van der Waals surface area (Å²) in [6.07, 6.45) is 3.41. The fourth-order valence-electron chi connectivity index (χ4n) is 2.46. The summed E-state index contributed by atoms with van der Waals surface area (Å²) in [6.45, 7) is 2.28. The van der Waals surface area contributed by atoms with Gasteiger partial charge in [-0.05, 0) is 42.8 Å². The Morgan fingerprint density at radius 3 is 2.54 bits per heavy atom. The fraction of sp³-hybridized carbons (Fsp3) is 0.211. The van der Waals surface area contributed by atoms with Crippen molar-refractivity contribution in [3.05, 3.63) is 58.9 Å². The number of hydrogen-bond acceptors (Lipinski definition) is 6. The lowest BCUT2D eigenvalue weighted by atomic mass is 10.2. The Balaban J connectivity index is 1.79. The van der Waals surface area contributed by atoms with E-state index in [0.29, 0.717) is 28.6 Å². The van der Waals surface area contributed by atoms with Crippen molar-refractivity contribution in [2.24, 2.45) is 0 Å². The number of pyridine rings is 1. The lowest BCUT2D eigenvalue weighted by Crippen LogP contribution is -2.22. The van der Waals surface area contributed by atoms with Crippen molar-refractivity contribution in [2.45, 2.75) is 13.5 Å². The van der Waals surface area contributed by atoms with Crippen molar-refractivity contribution in [3.8, 4) is 22.1 Å². The van der Waals surface area contributed by atoms with Gasteiger partial charge in [-0.2, -0.15) is 0 Å². The maximum atomic E-state index is 12.5. The second-order valence-corrected chi connectivity index (χ2v) is 6.54. The number of rotatable bonds is 6. The summed E-state index contributed by atoms with van der Waals surface area (Å²) in [5.41, 5.74) is 2.58. The third-order valence-corrected chi connectivity index (χ3v) is 5.04. The summed E-state index contributed by atoms with van der Waals surface area (Å²) in [7, 11) is 3.18. The highest BCUT2D eigenvalue weighted by Crippen LogP contribution is 2.34. The number of thiazole rings is 1. The summed E-state index contributed by atoms with van der Waals surface area (Å²) < 4.78 is 10.6. The Bertz CT molecular complexity index is 910. The molecule has 0 bridgehead atoms. The van der Waals surface area contributed by atoms with Crippen LogP contribution in [0.4, 0.5) is 0 Å². The minimum Gasteiger partial charge on any atom is -0.493 e. The molecule has 0 aliphatic rings. The standard InChI is InChI=1S/C19H19N3O3S/c1-12-17(18(23)21-11-13-6-8-20-9-7-13)26-19(22-12)14-4-5-15(24-2)16(10-14)25-3/h4-10H,11H2,1-3H3,(H,21,23). The van der Waals surface area contributed by atoms with Crippen molar-refractivity contribution in [1.29, 1.82) is 0 Å². The molecule has 2 heterocycles. The Morgan fingerprint density at radius 2 is 1.85 bits per heavy atom. The lowest BCUT2D eigenvalue weighted by molar-refractivity contribution is 0.0954. The van der Waals surface area contributed by atoms with E-state index >= 15 is 0 Å². The van der Waals surface area contributed by atoms with Gasteiger partial charge in [0.25, 0.3) is 5.91 Å². The minimum atomic E-state index is -0.136. The molecule has 3 aromatic rings. The average Bonchev–Trinajstić information content (AvgIpc) is 3.08. The van der Waals surface area contributed by atoms with Gasteiger partial charge in [-0.3, -0.25) is 9.78 Å². The highest BCUT2D eigenvalue weighted by atomic mass is 32.1. The smallest absolute Gasteiger partial charge is 0.263 e. The van der Waals surface area contributed by atoms with Gasteiger partial charge in [0.05, 0.1) is 19.9 Å². The molecule has 2 aromatic heterocycles. The number of aryl methyl sites for hydroxylation is 1. The maximum Gasteiger partial charge on any atom is 0.263 e. The molecule has 0 fully saturated rings. The Hall–Kier alpha value is -2.93. The number of nitrogens with zero attached hydrogens (tertiary/aromatic N) is 2. The summed E-state index contributed by atoms with van der Waals surface area (Å²) in [5.74, 6) is 1.14. The Labute approximate surface area is 155 Å². The van der Waals surface area contributed by atoms with Crippen molar-refractivity contribution in [1.82, 2.24) is 15.3 Å². The molecule has 0 saturated carbocycles. The monoisotopic (exact) mass is 369 g/mol. The predicted octanol–water partition coefficient (Wildman–Crippen LogP) is 3.46. The summed E-state index contributed by atoms with van der Waals surface area (Å²) in [4.78, 5) is 21.6. The van der Waals surface area contributed by atoms with Crippen molar-refractivity contribution in [3.63, 3.8) is 0 Å². The zero-order chi connectivity index (χ0) is 18.5. The number of carbonyl (C=O) groups excluding carboxylic acids is 1. The Morgan fingerprint density at radius 1 is 1.12 bits per heavy atom. The van der Waals surface area contributed by atoms with Gasteiger partial charge in [-0.1, -0.05) is 0 Å². The quantitative estimate of drug-likeness (QED) is 0.720. The van der Waals surface area contributed by atoms with E-state index in [2.05, 4.69) is 15.3 Å². The average molecular weight is 369 g/mol. The fourth-order valence-corrected chi connectivity index (χ4v) is 3.44. The minimum absolute atomic E-state index is 0.136. The number of hydrogen-bond donors (Lipinski definition) is 1. The zero-order valence-corrected chi connectivity index (χ0v) is 15.6. The first-order valence-corrected chi connectivity index (χ1v) is 8.81. The maximum absolute atomic E-state index is 12.5. The van der Waals surface area contributed by atoms with Gasteiger partial charge < -0.3 is 14.8 Å². The van der Waals surface area contributed by atoms with E-state index in [9.17, 15) is 4.79 Å². The van der Waals surface area contributed by atoms with Crippen LogP contribution in [0.2, 0.25) is 0 Å². The van der Waals surface area contributed by atoms with Crippen LogP contribution in [0.5, 0.6) is 11.5 Å². The highest BCUT2D eigenvalue weighted by Gasteiger charge is 2.17. The van der Waals surface area contributed by atoms with Crippen LogP contribution in [-0.4, -0.2) is 30.1 Å². The van der Waals surface area contributed by atoms with Crippen LogP contribution >= 0.6 is 11.3 Å². The molecule has 6 nitrogen and oxygen atoms in total. The summed E-state index contributed by atoms with van der Waals surface area (Å²) >= 11 is 1.36. The largest absolute Gasteiger partial charge is 0.493 e. The summed E-state index contributed by atoms with van der Waals surface area (Å²) in [6, 6.07) is 9.33. The van der Waals surface area contributed by atoms with Gasteiger partial charge in [0.15, 0.2) is 11.5 Å². The van der Waals surface area contributed by atoms with E-state index in [1.165, 1.54) is 11.3 Å². The number of benzene rings is 1. The molecular formula is C19H19N3O3S. The predicted molar refractivity (Wildman–Crippen MR) is 101 cm³/mol. The zero-order valence-electron chi connectivity index (χ0n) is 14.8. The first-order chi connectivity index (χ1) is 12.6. The molecular weight excluding hydrogens is 350 g/mol. The first-order valence-electron chi connectivity index (χ1n) is 7.99. The van der Waals surface area contributed by atoms with E-state index in [1.54, 1.807) is 26.6 Å². The van der Waals surface area contributed by atoms with Crippen molar-refractivity contribution < 1.29 is 14.3 Å².